The van der Waals surface area contributed by atoms with Crippen LogP contribution in [0.3, 0.4) is 0 Å². The summed E-state index contributed by atoms with van der Waals surface area (Å²) in [5.41, 5.74) is 7.40. The third kappa shape index (κ3) is 5.73. The van der Waals surface area contributed by atoms with Gasteiger partial charge in [0, 0.05) is 0 Å². The van der Waals surface area contributed by atoms with E-state index in [0.29, 0.717) is 0 Å². The molecular formula is C25H30Cl2SiZr. The minimum absolute atomic E-state index is 0. The molecule has 0 saturated heterocycles. The first-order valence-electron chi connectivity index (χ1n) is 10.2. The van der Waals surface area contributed by atoms with Crippen molar-refractivity contribution < 1.29 is 48.0 Å². The summed E-state index contributed by atoms with van der Waals surface area (Å²) in [6.07, 6.45) is 8.57. The Hall–Kier alpha value is -0.660. The Labute approximate surface area is 202 Å². The largest absolute Gasteiger partial charge is 1.00 e. The zero-order valence-electron chi connectivity index (χ0n) is 18.0. The maximum Gasteiger partial charge on any atom is -1.00 e. The van der Waals surface area contributed by atoms with Crippen molar-refractivity contribution in [3.05, 3.63) is 85.9 Å². The molecule has 29 heavy (non-hydrogen) atoms. The average molecular weight is 521 g/mol. The maximum absolute atomic E-state index is 2.48. The molecule has 152 valence electrons. The summed E-state index contributed by atoms with van der Waals surface area (Å²) in [6.45, 7) is 11.3. The van der Waals surface area contributed by atoms with Gasteiger partial charge in [0.15, 0.2) is 0 Å². The Kier molecular flexibility index (Phi) is 11.1. The second-order valence-electron chi connectivity index (χ2n) is 7.34. The van der Waals surface area contributed by atoms with E-state index >= 15 is 0 Å². The third-order valence-electron chi connectivity index (χ3n) is 5.27. The van der Waals surface area contributed by atoms with Crippen LogP contribution in [0.1, 0.15) is 41.9 Å². The second-order valence-corrected chi connectivity index (χ2v) is 13.9. The van der Waals surface area contributed by atoms with Gasteiger partial charge < -0.3 is 24.8 Å². The van der Waals surface area contributed by atoms with Crippen molar-refractivity contribution in [2.75, 3.05) is 0 Å². The van der Waals surface area contributed by atoms with Crippen LogP contribution in [0.5, 0.6) is 0 Å². The second kappa shape index (κ2) is 12.3. The number of hydrogen-bond donors (Lipinski definition) is 0. The van der Waals surface area contributed by atoms with Gasteiger partial charge in [-0.1, -0.05) is 13.8 Å². The van der Waals surface area contributed by atoms with Crippen LogP contribution in [0, 0.1) is 0 Å². The summed E-state index contributed by atoms with van der Waals surface area (Å²) in [5, 5.41) is 1.77. The van der Waals surface area contributed by atoms with E-state index in [0.717, 1.165) is 3.63 Å². The van der Waals surface area contributed by atoms with Gasteiger partial charge >= 0.3 is 165 Å². The van der Waals surface area contributed by atoms with Crippen LogP contribution in [0.15, 0.2) is 74.7 Å². The average Bonchev–Trinajstić information content (AvgIpc) is 3.29. The molecule has 1 unspecified atom stereocenters. The number of hydrogen-bond acceptors (Lipinski definition) is 0. The number of allylic oxidation sites excluding steroid dienone is 5. The van der Waals surface area contributed by atoms with Crippen LogP contribution < -0.4 is 24.8 Å². The van der Waals surface area contributed by atoms with Crippen LogP contribution in [-0.2, 0) is 23.2 Å². The van der Waals surface area contributed by atoms with Gasteiger partial charge in [-0.25, -0.2) is 0 Å². The molecule has 0 fully saturated rings. The number of fused-ring (bicyclic) bond motifs is 1. The van der Waals surface area contributed by atoms with Crippen molar-refractivity contribution >= 4 is 14.9 Å². The van der Waals surface area contributed by atoms with Crippen molar-refractivity contribution in [1.82, 2.24) is 0 Å². The summed E-state index contributed by atoms with van der Waals surface area (Å²) in [7, 11) is -0.691. The Morgan fingerprint density at radius 1 is 0.931 bits per heavy atom. The molecule has 4 rings (SSSR count). The molecule has 1 atom stereocenters. The van der Waals surface area contributed by atoms with E-state index in [9.17, 15) is 0 Å². The minimum Gasteiger partial charge on any atom is -1.00 e. The zero-order valence-corrected chi connectivity index (χ0v) is 23.1. The summed E-state index contributed by atoms with van der Waals surface area (Å²) in [5.74, 6) is 0. The van der Waals surface area contributed by atoms with Crippen molar-refractivity contribution in [3.63, 3.8) is 0 Å². The molecule has 0 nitrogen and oxygen atoms in total. The monoisotopic (exact) mass is 518 g/mol. The first-order chi connectivity index (χ1) is 13.1. The molecule has 0 spiro atoms. The smallest absolute Gasteiger partial charge is 1.00 e. The predicted molar refractivity (Wildman–Crippen MR) is 119 cm³/mol. The van der Waals surface area contributed by atoms with Gasteiger partial charge in [0.25, 0.3) is 0 Å². The molecule has 0 radical (unpaired) electrons. The fourth-order valence-corrected chi connectivity index (χ4v) is 11.8. The molecule has 0 amide bonds. The molecule has 0 aromatic heterocycles. The molecule has 2 aliphatic carbocycles. The number of rotatable bonds is 4. The Morgan fingerprint density at radius 2 is 1.62 bits per heavy atom. The quantitative estimate of drug-likeness (QED) is 0.531. The van der Waals surface area contributed by atoms with Gasteiger partial charge in [0.05, 0.1) is 0 Å². The molecule has 0 N–H and O–H groups in total. The van der Waals surface area contributed by atoms with Crippen molar-refractivity contribution in [2.45, 2.75) is 43.9 Å². The van der Waals surface area contributed by atoms with Crippen LogP contribution in [0.2, 0.25) is 13.1 Å². The first-order valence-corrected chi connectivity index (χ1v) is 15.7. The third-order valence-corrected chi connectivity index (χ3v) is 12.4. The van der Waals surface area contributed by atoms with Crippen LogP contribution >= 0.6 is 0 Å². The van der Waals surface area contributed by atoms with Gasteiger partial charge in [-0.15, -0.1) is 0 Å². The molecule has 0 saturated carbocycles. The predicted octanol–water partition coefficient (Wildman–Crippen LogP) is 1.17. The van der Waals surface area contributed by atoms with Gasteiger partial charge in [-0.05, 0) is 0 Å². The molecule has 2 aromatic rings. The van der Waals surface area contributed by atoms with E-state index < -0.39 is 32.0 Å². The van der Waals surface area contributed by atoms with Crippen LogP contribution in [-0.4, -0.2) is 8.80 Å². The standard InChI is InChI=1S/C16H13.C7H11Si.C2H6.2ClH.Zr/c1-12-10-14-8-5-9-15(16(14)11-12)13-6-3-2-4-7-13;1-8(2)7-5-3-4-6-7;1-2;;;/h2-11H,1H3;3,5,8H,4H2,1-2H3;1-2H3;2*1H;/q;;;;;+2/p-2. The van der Waals surface area contributed by atoms with Crippen molar-refractivity contribution in [3.8, 4) is 11.1 Å². The van der Waals surface area contributed by atoms with Crippen LogP contribution in [0.4, 0.5) is 0 Å². The molecule has 2 aromatic carbocycles. The van der Waals surface area contributed by atoms with E-state index in [4.69, 9.17) is 0 Å². The van der Waals surface area contributed by atoms with E-state index in [1.807, 2.05) is 17.1 Å². The van der Waals surface area contributed by atoms with Gasteiger partial charge in [0.2, 0.25) is 0 Å². The summed E-state index contributed by atoms with van der Waals surface area (Å²) < 4.78 is 2.58. The Morgan fingerprint density at radius 3 is 2.28 bits per heavy atom. The molecule has 0 heterocycles. The summed E-state index contributed by atoms with van der Waals surface area (Å²) in [4.78, 5) is 0. The fourth-order valence-electron chi connectivity index (χ4n) is 3.99. The molecule has 0 aliphatic heterocycles. The topological polar surface area (TPSA) is 0 Å². The molecular weight excluding hydrogens is 490 g/mol. The van der Waals surface area contributed by atoms with Crippen molar-refractivity contribution in [1.29, 1.82) is 0 Å². The Bertz CT molecular complexity index is 898. The number of benzene rings is 2. The minimum atomic E-state index is -0.691. The number of halogens is 2. The summed E-state index contributed by atoms with van der Waals surface area (Å²) >= 11 is -0.628. The normalized spacial score (nSPS) is 16.2. The van der Waals surface area contributed by atoms with E-state index in [1.165, 1.54) is 23.1 Å². The SMILES string of the molecule is CC.CC1=Cc2c(-c3ccccc3)cccc2[CH]1[Zr+2][C]1=C([SiH](C)C)C=CC1.[Cl-].[Cl-]. The fraction of sp³-hybridized carbons (Fsp3) is 0.280. The van der Waals surface area contributed by atoms with E-state index in [2.05, 4.69) is 86.8 Å². The summed E-state index contributed by atoms with van der Waals surface area (Å²) in [6, 6.07) is 17.8. The van der Waals surface area contributed by atoms with Crippen LogP contribution in [0.25, 0.3) is 17.2 Å². The first kappa shape index (κ1) is 26.4. The zero-order chi connectivity index (χ0) is 19.4. The molecule has 2 aliphatic rings. The van der Waals surface area contributed by atoms with E-state index in [-0.39, 0.29) is 24.8 Å². The molecule has 4 heteroatoms. The Balaban J connectivity index is 0.00000102. The molecule has 0 bridgehead atoms. The maximum atomic E-state index is 2.48. The van der Waals surface area contributed by atoms with E-state index in [1.54, 1.807) is 16.3 Å². The van der Waals surface area contributed by atoms with Gasteiger partial charge in [-0.2, -0.15) is 0 Å². The van der Waals surface area contributed by atoms with Gasteiger partial charge in [0.1, 0.15) is 0 Å². The van der Waals surface area contributed by atoms with Gasteiger partial charge in [-0.3, -0.25) is 0 Å². The van der Waals surface area contributed by atoms with Crippen molar-refractivity contribution in [2.24, 2.45) is 0 Å².